The Morgan fingerprint density at radius 2 is 1.83 bits per heavy atom. The second-order valence-electron chi connectivity index (χ2n) is 6.12. The molecule has 0 spiro atoms. The second-order valence-corrected chi connectivity index (χ2v) is 7.22. The van der Waals surface area contributed by atoms with Gasteiger partial charge < -0.3 is 19.7 Å². The van der Waals surface area contributed by atoms with E-state index in [9.17, 15) is 10.2 Å². The van der Waals surface area contributed by atoms with Crippen molar-refractivity contribution in [1.82, 2.24) is 0 Å². The van der Waals surface area contributed by atoms with E-state index in [0.717, 1.165) is 12.8 Å². The largest absolute Gasteiger partial charge is 0.396 e. The summed E-state index contributed by atoms with van der Waals surface area (Å²) in [5.41, 5.74) is -0.324. The van der Waals surface area contributed by atoms with Gasteiger partial charge in [0.25, 0.3) is 0 Å². The molecule has 0 aromatic carbocycles. The molecule has 1 aliphatic carbocycles. The van der Waals surface area contributed by atoms with E-state index < -0.39 is 5.79 Å². The average molecular weight is 323 g/mol. The minimum atomic E-state index is -0.561. The maximum Gasteiger partial charge on any atom is 0.164 e. The first-order chi connectivity index (χ1) is 8.32. The van der Waals surface area contributed by atoms with Gasteiger partial charge in [0.15, 0.2) is 5.79 Å². The standard InChI is InChI=1S/C13H23BrO4/c1-12(2)17-11-5-8(9(6-15)7-16)4-10(14)13(11,3)18-12/h8-11,15-16H,4-7H2,1-3H3/t8-,10-,11-,13+/m1/s1. The smallest absolute Gasteiger partial charge is 0.164 e. The van der Waals surface area contributed by atoms with Gasteiger partial charge in [-0.3, -0.25) is 0 Å². The number of ether oxygens (including phenoxy) is 2. The van der Waals surface area contributed by atoms with E-state index in [4.69, 9.17) is 9.47 Å². The molecule has 5 heteroatoms. The van der Waals surface area contributed by atoms with Crippen molar-refractivity contribution in [1.29, 1.82) is 0 Å². The fraction of sp³-hybridized carbons (Fsp3) is 1.00. The van der Waals surface area contributed by atoms with Crippen molar-refractivity contribution in [2.75, 3.05) is 13.2 Å². The molecule has 1 aliphatic heterocycles. The lowest BCUT2D eigenvalue weighted by atomic mass is 9.73. The predicted molar refractivity (Wildman–Crippen MR) is 71.5 cm³/mol. The number of rotatable bonds is 3. The Morgan fingerprint density at radius 1 is 1.22 bits per heavy atom. The number of hydrogen-bond acceptors (Lipinski definition) is 4. The summed E-state index contributed by atoms with van der Waals surface area (Å²) in [6.07, 6.45) is 1.72. The first-order valence-corrected chi connectivity index (χ1v) is 7.47. The number of halogens is 1. The quantitative estimate of drug-likeness (QED) is 0.776. The minimum absolute atomic E-state index is 0.0104. The normalized spacial score (nSPS) is 43.2. The molecular weight excluding hydrogens is 300 g/mol. The Labute approximate surface area is 117 Å². The van der Waals surface area contributed by atoms with Crippen molar-refractivity contribution in [2.24, 2.45) is 11.8 Å². The van der Waals surface area contributed by atoms with Crippen molar-refractivity contribution in [2.45, 2.75) is 55.9 Å². The molecular formula is C13H23BrO4. The fourth-order valence-electron chi connectivity index (χ4n) is 3.24. The summed E-state index contributed by atoms with van der Waals surface area (Å²) in [5.74, 6) is -0.365. The van der Waals surface area contributed by atoms with E-state index in [1.54, 1.807) is 0 Å². The lowest BCUT2D eigenvalue weighted by Gasteiger charge is -2.43. The summed E-state index contributed by atoms with van der Waals surface area (Å²) in [4.78, 5) is 0.177. The van der Waals surface area contributed by atoms with Crippen LogP contribution < -0.4 is 0 Å². The summed E-state index contributed by atoms with van der Waals surface area (Å²) >= 11 is 3.70. The van der Waals surface area contributed by atoms with E-state index in [1.165, 1.54) is 0 Å². The van der Waals surface area contributed by atoms with Crippen LogP contribution in [0.3, 0.4) is 0 Å². The van der Waals surface area contributed by atoms with Crippen molar-refractivity contribution in [3.8, 4) is 0 Å². The topological polar surface area (TPSA) is 58.9 Å². The van der Waals surface area contributed by atoms with Crippen LogP contribution in [0, 0.1) is 11.8 Å². The van der Waals surface area contributed by atoms with Gasteiger partial charge in [-0.1, -0.05) is 15.9 Å². The van der Waals surface area contributed by atoms with Crippen LogP contribution in [0.4, 0.5) is 0 Å². The molecule has 4 nitrogen and oxygen atoms in total. The van der Waals surface area contributed by atoms with E-state index in [2.05, 4.69) is 22.9 Å². The molecule has 0 aromatic rings. The van der Waals surface area contributed by atoms with Crippen LogP contribution in [-0.4, -0.2) is 45.7 Å². The molecule has 1 heterocycles. The number of hydrogen-bond donors (Lipinski definition) is 2. The Balaban J connectivity index is 2.15. The molecule has 4 atom stereocenters. The van der Waals surface area contributed by atoms with Gasteiger partial charge in [0.2, 0.25) is 0 Å². The van der Waals surface area contributed by atoms with Gasteiger partial charge in [0, 0.05) is 24.0 Å². The Kier molecular flexibility index (Phi) is 4.10. The van der Waals surface area contributed by atoms with E-state index in [1.807, 2.05) is 13.8 Å². The highest BCUT2D eigenvalue weighted by atomic mass is 79.9. The monoisotopic (exact) mass is 322 g/mol. The first kappa shape index (κ1) is 14.7. The van der Waals surface area contributed by atoms with Gasteiger partial charge in [-0.15, -0.1) is 0 Å². The van der Waals surface area contributed by atoms with Gasteiger partial charge in [-0.05, 0) is 39.5 Å². The SMILES string of the molecule is CC1(C)O[C@@H]2C[C@H](C(CO)CO)C[C@@H](Br)[C@]2(C)O1. The third-order valence-corrected chi connectivity index (χ3v) is 5.60. The van der Waals surface area contributed by atoms with Crippen molar-refractivity contribution in [3.05, 3.63) is 0 Å². The van der Waals surface area contributed by atoms with Gasteiger partial charge in [0.05, 0.1) is 6.10 Å². The summed E-state index contributed by atoms with van der Waals surface area (Å²) in [6.45, 7) is 5.99. The number of alkyl halides is 1. The Bertz CT molecular complexity index is 305. The third-order valence-electron chi connectivity index (χ3n) is 4.32. The molecule has 0 unspecified atom stereocenters. The molecule has 2 aliphatic rings. The average Bonchev–Trinajstić information content (AvgIpc) is 2.51. The van der Waals surface area contributed by atoms with Crippen LogP contribution in [0.15, 0.2) is 0 Å². The van der Waals surface area contributed by atoms with E-state index >= 15 is 0 Å². The first-order valence-electron chi connectivity index (χ1n) is 6.56. The number of fused-ring (bicyclic) bond motifs is 1. The molecule has 2 fully saturated rings. The summed E-state index contributed by atoms with van der Waals surface area (Å²) in [7, 11) is 0. The van der Waals surface area contributed by atoms with Crippen LogP contribution in [-0.2, 0) is 9.47 Å². The van der Waals surface area contributed by atoms with Crippen LogP contribution in [0.5, 0.6) is 0 Å². The van der Waals surface area contributed by atoms with Gasteiger partial charge >= 0.3 is 0 Å². The fourth-order valence-corrected chi connectivity index (χ4v) is 4.11. The Morgan fingerprint density at radius 3 is 2.39 bits per heavy atom. The molecule has 0 amide bonds. The van der Waals surface area contributed by atoms with Crippen LogP contribution >= 0.6 is 15.9 Å². The Hall–Kier alpha value is 0.320. The minimum Gasteiger partial charge on any atom is -0.396 e. The molecule has 0 aromatic heterocycles. The molecule has 2 N–H and O–H groups in total. The molecule has 0 radical (unpaired) electrons. The number of aliphatic hydroxyl groups excluding tert-OH is 2. The molecule has 0 bridgehead atoms. The maximum atomic E-state index is 9.32. The summed E-state index contributed by atoms with van der Waals surface area (Å²) in [5, 5.41) is 18.6. The summed E-state index contributed by atoms with van der Waals surface area (Å²) < 4.78 is 12.0. The lowest BCUT2D eigenvalue weighted by Crippen LogP contribution is -2.52. The third kappa shape index (κ3) is 2.48. The molecule has 18 heavy (non-hydrogen) atoms. The van der Waals surface area contributed by atoms with Gasteiger partial charge in [-0.2, -0.15) is 0 Å². The van der Waals surface area contributed by atoms with E-state index in [0.29, 0.717) is 0 Å². The van der Waals surface area contributed by atoms with E-state index in [-0.39, 0.29) is 41.6 Å². The van der Waals surface area contributed by atoms with Gasteiger partial charge in [-0.25, -0.2) is 0 Å². The lowest BCUT2D eigenvalue weighted by molar-refractivity contribution is -0.158. The maximum absolute atomic E-state index is 9.32. The summed E-state index contributed by atoms with van der Waals surface area (Å²) in [6, 6.07) is 0. The second kappa shape index (κ2) is 5.02. The zero-order chi connectivity index (χ0) is 13.6. The highest BCUT2D eigenvalue weighted by molar-refractivity contribution is 9.09. The zero-order valence-electron chi connectivity index (χ0n) is 11.2. The van der Waals surface area contributed by atoms with Crippen molar-refractivity contribution < 1.29 is 19.7 Å². The van der Waals surface area contributed by atoms with Crippen LogP contribution in [0.1, 0.15) is 33.6 Å². The highest BCUT2D eigenvalue weighted by Gasteiger charge is 2.57. The molecule has 1 saturated heterocycles. The van der Waals surface area contributed by atoms with Crippen molar-refractivity contribution in [3.63, 3.8) is 0 Å². The number of aliphatic hydroxyl groups is 2. The predicted octanol–water partition coefficient (Wildman–Crippen LogP) is 1.67. The molecule has 106 valence electrons. The molecule has 2 rings (SSSR count). The van der Waals surface area contributed by atoms with Crippen molar-refractivity contribution >= 4 is 15.9 Å². The van der Waals surface area contributed by atoms with Gasteiger partial charge in [0.1, 0.15) is 5.60 Å². The van der Waals surface area contributed by atoms with Crippen LogP contribution in [0.2, 0.25) is 0 Å². The molecule has 1 saturated carbocycles. The zero-order valence-corrected chi connectivity index (χ0v) is 12.8. The van der Waals surface area contributed by atoms with Crippen LogP contribution in [0.25, 0.3) is 0 Å². The highest BCUT2D eigenvalue weighted by Crippen LogP contribution is 2.50.